The number of rotatable bonds is 4. The molecule has 0 spiro atoms. The molecule has 53 heavy (non-hydrogen) atoms. The molecular formula is C52H32O. The molecule has 1 heteroatoms. The number of fused-ring (bicyclic) bond motifs is 7. The zero-order chi connectivity index (χ0) is 46.2. The van der Waals surface area contributed by atoms with E-state index in [9.17, 15) is 5.48 Å². The van der Waals surface area contributed by atoms with Gasteiger partial charge < -0.3 is 4.42 Å². The molecule has 0 saturated carbocycles. The summed E-state index contributed by atoms with van der Waals surface area (Å²) in [6.07, 6.45) is 0. The minimum Gasteiger partial charge on any atom is -0.456 e. The molecule has 0 amide bonds. The second kappa shape index (κ2) is 11.8. The Kier molecular flexibility index (Phi) is 4.36. The van der Waals surface area contributed by atoms with Crippen LogP contribution < -0.4 is 0 Å². The van der Waals surface area contributed by atoms with Gasteiger partial charge in [-0.1, -0.05) is 157 Å². The van der Waals surface area contributed by atoms with E-state index in [0.29, 0.717) is 5.56 Å². The highest BCUT2D eigenvalue weighted by Crippen LogP contribution is 2.45. The Morgan fingerprint density at radius 3 is 1.60 bits per heavy atom. The van der Waals surface area contributed by atoms with Crippen molar-refractivity contribution in [1.29, 1.82) is 0 Å². The van der Waals surface area contributed by atoms with Crippen molar-refractivity contribution in [2.75, 3.05) is 0 Å². The molecule has 0 N–H and O–H groups in total. The first-order chi connectivity index (χ1) is 31.7. The van der Waals surface area contributed by atoms with Crippen molar-refractivity contribution in [2.24, 2.45) is 0 Å². The highest BCUT2D eigenvalue weighted by Gasteiger charge is 2.17. The fourth-order valence-electron chi connectivity index (χ4n) is 7.72. The highest BCUT2D eigenvalue weighted by atomic mass is 16.3. The maximum absolute atomic E-state index is 9.29. The first kappa shape index (κ1) is 19.6. The van der Waals surface area contributed by atoms with Crippen molar-refractivity contribution in [3.05, 3.63) is 194 Å². The molecule has 1 heterocycles. The summed E-state index contributed by atoms with van der Waals surface area (Å²) in [5.41, 5.74) is 5.21. The average molecular weight is 686 g/mol. The summed E-state index contributed by atoms with van der Waals surface area (Å²) >= 11 is 0. The molecule has 0 atom stereocenters. The Labute approximate surface area is 325 Å². The van der Waals surface area contributed by atoms with Crippen LogP contribution in [-0.2, 0) is 0 Å². The van der Waals surface area contributed by atoms with Gasteiger partial charge in [0.15, 0.2) is 0 Å². The number of benzene rings is 10. The molecular weight excluding hydrogens is 641 g/mol. The molecule has 0 radical (unpaired) electrons. The van der Waals surface area contributed by atoms with Crippen molar-refractivity contribution in [2.45, 2.75) is 0 Å². The van der Waals surface area contributed by atoms with E-state index in [1.165, 1.54) is 0 Å². The van der Waals surface area contributed by atoms with E-state index in [0.717, 1.165) is 65.7 Å². The van der Waals surface area contributed by atoms with Gasteiger partial charge in [-0.2, -0.15) is 0 Å². The fourth-order valence-corrected chi connectivity index (χ4v) is 7.72. The Balaban J connectivity index is 1.13. The van der Waals surface area contributed by atoms with Crippen molar-refractivity contribution in [3.8, 4) is 44.5 Å². The van der Waals surface area contributed by atoms with Gasteiger partial charge in [0, 0.05) is 10.8 Å². The van der Waals surface area contributed by atoms with Gasteiger partial charge in [-0.05, 0) is 124 Å². The Morgan fingerprint density at radius 2 is 0.868 bits per heavy atom. The molecule has 0 aliphatic carbocycles. The van der Waals surface area contributed by atoms with E-state index in [4.69, 9.17) is 16.8 Å². The van der Waals surface area contributed by atoms with Gasteiger partial charge in [0.1, 0.15) is 11.2 Å². The third-order valence-corrected chi connectivity index (χ3v) is 10.1. The van der Waals surface area contributed by atoms with Crippen LogP contribution in [0.15, 0.2) is 198 Å². The van der Waals surface area contributed by atoms with Crippen LogP contribution >= 0.6 is 0 Å². The summed E-state index contributed by atoms with van der Waals surface area (Å²) in [5, 5.41) is 5.07. The van der Waals surface area contributed by atoms with E-state index in [2.05, 4.69) is 42.5 Å². The van der Waals surface area contributed by atoms with E-state index >= 15 is 0 Å². The zero-order valence-electron chi connectivity index (χ0n) is 40.9. The zero-order valence-corrected chi connectivity index (χ0v) is 27.9. The summed E-state index contributed by atoms with van der Waals surface area (Å²) in [6.45, 7) is 0. The van der Waals surface area contributed by atoms with E-state index in [-0.39, 0.29) is 32.7 Å². The summed E-state index contributed by atoms with van der Waals surface area (Å²) in [7, 11) is 0. The second-order valence-corrected chi connectivity index (χ2v) is 13.1. The van der Waals surface area contributed by atoms with Crippen LogP contribution in [0.2, 0.25) is 0 Å². The summed E-state index contributed by atoms with van der Waals surface area (Å²) in [6, 6.07) is 29.9. The van der Waals surface area contributed by atoms with Crippen LogP contribution in [0.1, 0.15) is 17.8 Å². The first-order valence-electron chi connectivity index (χ1n) is 23.7. The molecule has 0 saturated heterocycles. The molecule has 1 nitrogen and oxygen atoms in total. The number of hydrogen-bond acceptors (Lipinski definition) is 1. The minimum atomic E-state index is -0.712. The van der Waals surface area contributed by atoms with Gasteiger partial charge in [0.05, 0.1) is 17.8 Å². The largest absolute Gasteiger partial charge is 0.456 e. The van der Waals surface area contributed by atoms with Crippen LogP contribution in [0.4, 0.5) is 0 Å². The predicted octanol–water partition coefficient (Wildman–Crippen LogP) is 14.9. The van der Waals surface area contributed by atoms with Crippen molar-refractivity contribution < 1.29 is 22.2 Å². The highest BCUT2D eigenvalue weighted by molar-refractivity contribution is 6.22. The van der Waals surface area contributed by atoms with E-state index < -0.39 is 84.1 Å². The van der Waals surface area contributed by atoms with Gasteiger partial charge in [-0.3, -0.25) is 0 Å². The Morgan fingerprint density at radius 1 is 0.340 bits per heavy atom. The molecule has 10 aromatic carbocycles. The molecule has 0 fully saturated rings. The van der Waals surface area contributed by atoms with Crippen molar-refractivity contribution in [3.63, 3.8) is 0 Å². The third-order valence-electron chi connectivity index (χ3n) is 10.1. The summed E-state index contributed by atoms with van der Waals surface area (Å²) < 4.78 is 121. The standard InChI is InChI=1S/C52H32O/c1-2-12-34(13-3-1)50-43-15-6-8-17-45(43)51(46-18-9-7-16-44(46)50)41-26-24-36-29-37(22-23-38(36)31-41)39-27-28-48-47(32-39)52-42(19-10-20-49(52)53-48)40-25-21-33-11-4-5-14-35(33)30-40/h1-32H/i1D,2D,3D,6D,7D,8D,9D,12D,13D,15D,16D,17D,18D. The van der Waals surface area contributed by atoms with Gasteiger partial charge in [0.25, 0.3) is 0 Å². The van der Waals surface area contributed by atoms with Crippen molar-refractivity contribution >= 4 is 65.0 Å². The normalized spacial score (nSPS) is 15.2. The van der Waals surface area contributed by atoms with E-state index in [1.807, 2.05) is 60.7 Å². The second-order valence-electron chi connectivity index (χ2n) is 13.1. The van der Waals surface area contributed by atoms with Gasteiger partial charge in [-0.15, -0.1) is 0 Å². The fraction of sp³-hybridized carbons (Fsp3) is 0. The molecule has 11 aromatic rings. The lowest BCUT2D eigenvalue weighted by Gasteiger charge is -2.18. The smallest absolute Gasteiger partial charge is 0.136 e. The number of hydrogen-bond donors (Lipinski definition) is 0. The average Bonchev–Trinajstić information content (AvgIpc) is 3.72. The Hall–Kier alpha value is -6.96. The van der Waals surface area contributed by atoms with Crippen LogP contribution in [-0.4, -0.2) is 0 Å². The molecule has 11 rings (SSSR count). The lowest BCUT2D eigenvalue weighted by molar-refractivity contribution is 0.669. The molecule has 246 valence electrons. The molecule has 0 unspecified atom stereocenters. The third kappa shape index (κ3) is 4.79. The molecule has 0 aliphatic heterocycles. The van der Waals surface area contributed by atoms with Gasteiger partial charge in [-0.25, -0.2) is 0 Å². The number of furan rings is 1. The topological polar surface area (TPSA) is 13.1 Å². The van der Waals surface area contributed by atoms with Crippen LogP contribution in [0.25, 0.3) is 110 Å². The quantitative estimate of drug-likeness (QED) is 0.168. The van der Waals surface area contributed by atoms with Crippen LogP contribution in [0.3, 0.4) is 0 Å². The maximum Gasteiger partial charge on any atom is 0.136 e. The van der Waals surface area contributed by atoms with Crippen molar-refractivity contribution in [1.82, 2.24) is 0 Å². The molecule has 0 bridgehead atoms. The monoisotopic (exact) mass is 685 g/mol. The lowest BCUT2D eigenvalue weighted by Crippen LogP contribution is -1.90. The maximum atomic E-state index is 9.29. The molecule has 1 aromatic heterocycles. The van der Waals surface area contributed by atoms with Gasteiger partial charge in [0.2, 0.25) is 0 Å². The first-order valence-corrected chi connectivity index (χ1v) is 17.2. The van der Waals surface area contributed by atoms with Crippen LogP contribution in [0, 0.1) is 0 Å². The summed E-state index contributed by atoms with van der Waals surface area (Å²) in [5.74, 6) is 0. The van der Waals surface area contributed by atoms with E-state index in [1.54, 1.807) is 12.1 Å². The van der Waals surface area contributed by atoms with Gasteiger partial charge >= 0.3 is 0 Å². The SMILES string of the molecule is [2H]c1c([2H])c([2H])c(-c2c3c([2H])c([2H])c([2H])c([2H])c3c(-c3ccc4cc(-c5ccc6oc7cccc(-c8ccc9ccccc9c8)c7c6c5)ccc4c3)c3c([2H])c([2H])c([2H])c([2H])c23)c([2H])c1[2H]. The Bertz CT molecular complexity index is 3880. The lowest BCUT2D eigenvalue weighted by atomic mass is 9.85. The predicted molar refractivity (Wildman–Crippen MR) is 225 cm³/mol. The molecule has 0 aliphatic rings. The summed E-state index contributed by atoms with van der Waals surface area (Å²) in [4.78, 5) is 0. The van der Waals surface area contributed by atoms with Crippen LogP contribution in [0.5, 0.6) is 0 Å². The minimum absolute atomic E-state index is 0.0839.